The van der Waals surface area contributed by atoms with Gasteiger partial charge in [-0.1, -0.05) is 74.5 Å². The lowest BCUT2D eigenvalue weighted by Crippen LogP contribution is -1.88. The smallest absolute Gasteiger partial charge is 0.0784 e. The summed E-state index contributed by atoms with van der Waals surface area (Å²) in [5.41, 5.74) is 2.85. The first-order valence-electron chi connectivity index (χ1n) is 5.03. The predicted octanol–water partition coefficient (Wildman–Crippen LogP) is 6.86. The molecule has 0 fully saturated rings. The Bertz CT molecular complexity index is 596. The van der Waals surface area contributed by atoms with Gasteiger partial charge in [0.05, 0.1) is 15.1 Å². The number of hydrogen-bond donors (Lipinski definition) is 0. The van der Waals surface area contributed by atoms with Gasteiger partial charge in [0, 0.05) is 15.9 Å². The standard InChI is InChI=1S/C13H7BrCl4/c14-6-7-1-2-8(15)5-10(7)9-3-4-11(16)13(18)12(9)17/h1-5H,6H2. The molecule has 5 heteroatoms. The van der Waals surface area contributed by atoms with Gasteiger partial charge in [-0.15, -0.1) is 0 Å². The summed E-state index contributed by atoms with van der Waals surface area (Å²) in [5, 5.41) is 2.59. The zero-order chi connectivity index (χ0) is 13.3. The Hall–Kier alpha value is 0.0800. The molecule has 0 amide bonds. The van der Waals surface area contributed by atoms with E-state index in [-0.39, 0.29) is 0 Å². The number of halogens is 5. The summed E-state index contributed by atoms with van der Waals surface area (Å²) in [7, 11) is 0. The van der Waals surface area contributed by atoms with Crippen molar-refractivity contribution in [2.24, 2.45) is 0 Å². The number of hydrogen-bond acceptors (Lipinski definition) is 0. The SMILES string of the molecule is Clc1ccc(CBr)c(-c2ccc(Cl)c(Cl)c2Cl)c1. The quantitative estimate of drug-likeness (QED) is 0.391. The maximum Gasteiger partial charge on any atom is 0.0784 e. The summed E-state index contributed by atoms with van der Waals surface area (Å²) in [5.74, 6) is 0. The lowest BCUT2D eigenvalue weighted by molar-refractivity contribution is 1.43. The third-order valence-electron chi connectivity index (χ3n) is 2.54. The fourth-order valence-corrected chi connectivity index (χ4v) is 2.95. The van der Waals surface area contributed by atoms with Gasteiger partial charge in [-0.3, -0.25) is 0 Å². The second kappa shape index (κ2) is 6.02. The average molecular weight is 385 g/mol. The van der Waals surface area contributed by atoms with Crippen LogP contribution < -0.4 is 0 Å². The van der Waals surface area contributed by atoms with Crippen molar-refractivity contribution in [3.05, 3.63) is 56.0 Å². The number of alkyl halides is 1. The highest BCUT2D eigenvalue weighted by Crippen LogP contribution is 2.40. The van der Waals surface area contributed by atoms with E-state index in [1.807, 2.05) is 24.3 Å². The van der Waals surface area contributed by atoms with E-state index in [4.69, 9.17) is 46.4 Å². The topological polar surface area (TPSA) is 0 Å². The van der Waals surface area contributed by atoms with Crippen LogP contribution in [0.15, 0.2) is 30.3 Å². The molecule has 2 aromatic rings. The number of rotatable bonds is 2. The van der Waals surface area contributed by atoms with Crippen molar-refractivity contribution in [2.75, 3.05) is 0 Å². The van der Waals surface area contributed by atoms with Crippen LogP contribution in [0.3, 0.4) is 0 Å². The Morgan fingerprint density at radius 1 is 0.833 bits per heavy atom. The predicted molar refractivity (Wildman–Crippen MR) is 84.5 cm³/mol. The first kappa shape index (κ1) is 14.5. The summed E-state index contributed by atoms with van der Waals surface area (Å²) in [4.78, 5) is 0. The Balaban J connectivity index is 2.69. The summed E-state index contributed by atoms with van der Waals surface area (Å²) >= 11 is 27.7. The van der Waals surface area contributed by atoms with E-state index < -0.39 is 0 Å². The molecule has 0 heterocycles. The molecule has 0 aliphatic carbocycles. The lowest BCUT2D eigenvalue weighted by atomic mass is 10.0. The van der Waals surface area contributed by atoms with Crippen LogP contribution in [0.1, 0.15) is 5.56 Å². The zero-order valence-corrected chi connectivity index (χ0v) is 13.6. The molecule has 0 saturated carbocycles. The van der Waals surface area contributed by atoms with Crippen LogP contribution in [0.25, 0.3) is 11.1 Å². The Kier molecular flexibility index (Phi) is 4.85. The van der Waals surface area contributed by atoms with E-state index in [2.05, 4.69) is 15.9 Å². The summed E-state index contributed by atoms with van der Waals surface area (Å²) in [6.07, 6.45) is 0. The van der Waals surface area contributed by atoms with E-state index in [0.717, 1.165) is 16.7 Å². The molecule has 0 nitrogen and oxygen atoms in total. The second-order valence-electron chi connectivity index (χ2n) is 3.66. The molecule has 0 N–H and O–H groups in total. The van der Waals surface area contributed by atoms with E-state index in [9.17, 15) is 0 Å². The molecule has 0 aromatic heterocycles. The van der Waals surface area contributed by atoms with Crippen molar-refractivity contribution in [1.82, 2.24) is 0 Å². The molecule has 0 bridgehead atoms. The van der Waals surface area contributed by atoms with Crippen molar-refractivity contribution in [3.63, 3.8) is 0 Å². The van der Waals surface area contributed by atoms with Gasteiger partial charge in [-0.05, 0) is 29.3 Å². The van der Waals surface area contributed by atoms with Gasteiger partial charge in [0.15, 0.2) is 0 Å². The third-order valence-corrected chi connectivity index (χ3v) is 4.67. The highest BCUT2D eigenvalue weighted by atomic mass is 79.9. The zero-order valence-electron chi connectivity index (χ0n) is 8.98. The molecule has 2 aromatic carbocycles. The Morgan fingerprint density at radius 2 is 1.56 bits per heavy atom. The van der Waals surface area contributed by atoms with E-state index in [1.165, 1.54) is 0 Å². The van der Waals surface area contributed by atoms with Crippen LogP contribution in [0.5, 0.6) is 0 Å². The fourth-order valence-electron chi connectivity index (χ4n) is 1.65. The van der Waals surface area contributed by atoms with E-state index >= 15 is 0 Å². The second-order valence-corrected chi connectivity index (χ2v) is 5.82. The van der Waals surface area contributed by atoms with Crippen LogP contribution in [0.2, 0.25) is 20.1 Å². The molecule has 0 radical (unpaired) electrons. The molecule has 0 aliphatic heterocycles. The molecule has 0 atom stereocenters. The van der Waals surface area contributed by atoms with Gasteiger partial charge in [0.25, 0.3) is 0 Å². The minimum atomic E-state index is 0.358. The largest absolute Gasteiger partial charge is 0.0876 e. The summed E-state index contributed by atoms with van der Waals surface area (Å²) in [6.45, 7) is 0. The first-order valence-corrected chi connectivity index (χ1v) is 7.66. The van der Waals surface area contributed by atoms with Gasteiger partial charge in [0.1, 0.15) is 0 Å². The normalized spacial score (nSPS) is 10.7. The Morgan fingerprint density at radius 3 is 2.22 bits per heavy atom. The molecule has 18 heavy (non-hydrogen) atoms. The van der Waals surface area contributed by atoms with Crippen LogP contribution in [0, 0.1) is 0 Å². The van der Waals surface area contributed by atoms with Crippen LogP contribution in [0.4, 0.5) is 0 Å². The molecule has 0 unspecified atom stereocenters. The van der Waals surface area contributed by atoms with Gasteiger partial charge in [0.2, 0.25) is 0 Å². The van der Waals surface area contributed by atoms with Crippen molar-refractivity contribution >= 4 is 62.3 Å². The number of benzene rings is 2. The molecule has 94 valence electrons. The molecular weight excluding hydrogens is 378 g/mol. The van der Waals surface area contributed by atoms with Gasteiger partial charge in [-0.25, -0.2) is 0 Å². The third kappa shape index (κ3) is 2.81. The van der Waals surface area contributed by atoms with Crippen LogP contribution in [-0.2, 0) is 5.33 Å². The highest BCUT2D eigenvalue weighted by molar-refractivity contribution is 9.08. The van der Waals surface area contributed by atoms with Crippen molar-refractivity contribution in [2.45, 2.75) is 5.33 Å². The van der Waals surface area contributed by atoms with Gasteiger partial charge < -0.3 is 0 Å². The minimum absolute atomic E-state index is 0.358. The Labute approximate surface area is 134 Å². The molecule has 0 saturated heterocycles. The summed E-state index contributed by atoms with van der Waals surface area (Å²) in [6, 6.07) is 9.22. The van der Waals surface area contributed by atoms with E-state index in [0.29, 0.717) is 25.4 Å². The molecular formula is C13H7BrCl4. The molecule has 2 rings (SSSR count). The molecule has 0 aliphatic rings. The highest BCUT2D eigenvalue weighted by Gasteiger charge is 2.13. The monoisotopic (exact) mass is 382 g/mol. The van der Waals surface area contributed by atoms with E-state index in [1.54, 1.807) is 6.07 Å². The van der Waals surface area contributed by atoms with Crippen molar-refractivity contribution < 1.29 is 0 Å². The first-order chi connectivity index (χ1) is 8.54. The van der Waals surface area contributed by atoms with Crippen molar-refractivity contribution in [1.29, 1.82) is 0 Å². The fraction of sp³-hybridized carbons (Fsp3) is 0.0769. The maximum atomic E-state index is 6.24. The van der Waals surface area contributed by atoms with Gasteiger partial charge >= 0.3 is 0 Å². The average Bonchev–Trinajstić information content (AvgIpc) is 2.36. The van der Waals surface area contributed by atoms with Crippen LogP contribution >= 0.6 is 62.3 Å². The minimum Gasteiger partial charge on any atom is -0.0876 e. The maximum absolute atomic E-state index is 6.24. The van der Waals surface area contributed by atoms with Crippen molar-refractivity contribution in [3.8, 4) is 11.1 Å². The molecule has 0 spiro atoms. The summed E-state index contributed by atoms with van der Waals surface area (Å²) < 4.78 is 0. The van der Waals surface area contributed by atoms with Crippen LogP contribution in [-0.4, -0.2) is 0 Å². The lowest BCUT2D eigenvalue weighted by Gasteiger charge is -2.11. The van der Waals surface area contributed by atoms with Gasteiger partial charge in [-0.2, -0.15) is 0 Å².